The second-order valence-corrected chi connectivity index (χ2v) is 10.3. The predicted molar refractivity (Wildman–Crippen MR) is 132 cm³/mol. The van der Waals surface area contributed by atoms with E-state index < -0.39 is 0 Å². The van der Waals surface area contributed by atoms with Crippen molar-refractivity contribution in [3.8, 4) is 0 Å². The van der Waals surface area contributed by atoms with Gasteiger partial charge in [0.05, 0.1) is 23.7 Å². The van der Waals surface area contributed by atoms with Crippen molar-refractivity contribution < 1.29 is 4.74 Å². The van der Waals surface area contributed by atoms with E-state index in [0.29, 0.717) is 12.6 Å². The molecule has 5 rings (SSSR count). The maximum absolute atomic E-state index is 13.2. The number of nitrogens with zero attached hydrogens (tertiary/aromatic N) is 5. The Bertz CT molecular complexity index is 1170. The quantitative estimate of drug-likeness (QED) is 0.534. The molecule has 0 bridgehead atoms. The molecule has 8 heteroatoms. The summed E-state index contributed by atoms with van der Waals surface area (Å²) in [5.41, 5.74) is 2.72. The lowest BCUT2D eigenvalue weighted by Gasteiger charge is -2.35. The minimum atomic E-state index is -0.0305. The van der Waals surface area contributed by atoms with Crippen LogP contribution in [0.25, 0.3) is 10.9 Å². The Morgan fingerprint density at radius 2 is 2.03 bits per heavy atom. The normalized spacial score (nSPS) is 20.2. The smallest absolute Gasteiger partial charge is 0.252 e. The van der Waals surface area contributed by atoms with Crippen LogP contribution in [0.2, 0.25) is 0 Å². The lowest BCUT2D eigenvalue weighted by molar-refractivity contribution is 0.0379. The maximum atomic E-state index is 13.2. The number of tetrazole rings is 1. The minimum Gasteiger partial charge on any atom is -0.377 e. The van der Waals surface area contributed by atoms with Crippen LogP contribution >= 0.6 is 0 Å². The van der Waals surface area contributed by atoms with Crippen molar-refractivity contribution in [2.75, 3.05) is 13.2 Å². The minimum absolute atomic E-state index is 0.00703. The molecule has 0 unspecified atom stereocenters. The Morgan fingerprint density at radius 3 is 2.76 bits per heavy atom. The Morgan fingerprint density at radius 1 is 1.21 bits per heavy atom. The van der Waals surface area contributed by atoms with Crippen LogP contribution in [0.4, 0.5) is 0 Å². The van der Waals surface area contributed by atoms with Gasteiger partial charge in [0.15, 0.2) is 5.82 Å². The summed E-state index contributed by atoms with van der Waals surface area (Å²) in [6.45, 7) is 8.55. The monoisotopic (exact) mass is 464 g/mol. The van der Waals surface area contributed by atoms with Gasteiger partial charge in [0, 0.05) is 25.3 Å². The van der Waals surface area contributed by atoms with Crippen LogP contribution in [0.15, 0.2) is 29.1 Å². The summed E-state index contributed by atoms with van der Waals surface area (Å²) in [6.07, 6.45) is 6.99. The third kappa shape index (κ3) is 4.66. The van der Waals surface area contributed by atoms with Crippen LogP contribution in [0.3, 0.4) is 0 Å². The second-order valence-electron chi connectivity index (χ2n) is 10.3. The predicted octanol–water partition coefficient (Wildman–Crippen LogP) is 4.32. The molecule has 0 amide bonds. The van der Waals surface area contributed by atoms with Gasteiger partial charge >= 0.3 is 0 Å². The number of rotatable bonds is 8. The van der Waals surface area contributed by atoms with Gasteiger partial charge in [0.2, 0.25) is 0 Å². The van der Waals surface area contributed by atoms with E-state index in [1.165, 1.54) is 12.8 Å². The van der Waals surface area contributed by atoms with Crippen molar-refractivity contribution in [3.05, 3.63) is 51.6 Å². The Labute approximate surface area is 200 Å². The number of hydrogen-bond donors (Lipinski definition) is 1. The highest BCUT2D eigenvalue weighted by Gasteiger charge is 2.34. The highest BCUT2D eigenvalue weighted by Crippen LogP contribution is 2.35. The van der Waals surface area contributed by atoms with Gasteiger partial charge in [0.25, 0.3) is 5.56 Å². The van der Waals surface area contributed by atoms with E-state index in [-0.39, 0.29) is 23.6 Å². The number of ether oxygens (including phenoxy) is 1. The summed E-state index contributed by atoms with van der Waals surface area (Å²) in [5.74, 6) is 1.18. The van der Waals surface area contributed by atoms with Crippen LogP contribution in [-0.2, 0) is 11.3 Å². The van der Waals surface area contributed by atoms with Crippen molar-refractivity contribution in [3.63, 3.8) is 0 Å². The zero-order valence-corrected chi connectivity index (χ0v) is 20.5. The fourth-order valence-electron chi connectivity index (χ4n) is 5.78. The molecular weight excluding hydrogens is 428 g/mol. The van der Waals surface area contributed by atoms with E-state index in [1.807, 2.05) is 25.1 Å². The molecular formula is C26H36N6O2. The number of fused-ring (bicyclic) bond motifs is 1. The molecule has 3 heterocycles. The van der Waals surface area contributed by atoms with Gasteiger partial charge in [-0.2, -0.15) is 0 Å². The topological polar surface area (TPSA) is 88.9 Å². The van der Waals surface area contributed by atoms with Crippen LogP contribution in [0.1, 0.15) is 81.4 Å². The molecule has 8 nitrogen and oxygen atoms in total. The maximum Gasteiger partial charge on any atom is 0.252 e. The van der Waals surface area contributed by atoms with E-state index in [0.717, 1.165) is 66.7 Å². The molecule has 2 fully saturated rings. The van der Waals surface area contributed by atoms with Crippen molar-refractivity contribution in [1.29, 1.82) is 0 Å². The molecule has 1 aliphatic carbocycles. The summed E-state index contributed by atoms with van der Waals surface area (Å²) >= 11 is 0. The first-order valence-electron chi connectivity index (χ1n) is 12.8. The Hall–Kier alpha value is -2.58. The number of H-pyrrole nitrogens is 1. The van der Waals surface area contributed by atoms with Crippen molar-refractivity contribution >= 4 is 10.9 Å². The summed E-state index contributed by atoms with van der Waals surface area (Å²) in [7, 11) is 0. The molecule has 2 aliphatic rings. The average molecular weight is 465 g/mol. The highest BCUT2D eigenvalue weighted by molar-refractivity contribution is 5.81. The fourth-order valence-corrected chi connectivity index (χ4v) is 5.78. The van der Waals surface area contributed by atoms with Crippen LogP contribution in [0, 0.1) is 12.8 Å². The molecule has 1 aromatic carbocycles. The molecule has 2 atom stereocenters. The van der Waals surface area contributed by atoms with Crippen LogP contribution in [-0.4, -0.2) is 49.3 Å². The molecule has 34 heavy (non-hydrogen) atoms. The number of aromatic nitrogens is 5. The SMILES string of the molecule is Cc1cccc2cc(CN(C[C@H]3CCCO3)[C@@H](c3nnnn3C3CCCC3)C(C)C)c(=O)[nH]c12. The van der Waals surface area contributed by atoms with Gasteiger partial charge in [-0.05, 0) is 66.0 Å². The number of para-hydroxylation sites is 1. The molecule has 1 N–H and O–H groups in total. The lowest BCUT2D eigenvalue weighted by atomic mass is 9.99. The molecule has 0 radical (unpaired) electrons. The number of benzene rings is 1. The summed E-state index contributed by atoms with van der Waals surface area (Å²) in [6, 6.07) is 8.53. The van der Waals surface area contributed by atoms with E-state index in [2.05, 4.69) is 50.0 Å². The zero-order chi connectivity index (χ0) is 23.7. The Kier molecular flexibility index (Phi) is 6.79. The second kappa shape index (κ2) is 9.96. The molecule has 182 valence electrons. The number of aromatic amines is 1. The molecule has 0 spiro atoms. The van der Waals surface area contributed by atoms with Gasteiger partial charge in [-0.1, -0.05) is 44.9 Å². The van der Waals surface area contributed by atoms with E-state index in [9.17, 15) is 4.79 Å². The molecule has 1 saturated heterocycles. The first-order valence-corrected chi connectivity index (χ1v) is 12.8. The van der Waals surface area contributed by atoms with Gasteiger partial charge in [-0.25, -0.2) is 4.68 Å². The number of aryl methyl sites for hydroxylation is 1. The van der Waals surface area contributed by atoms with E-state index >= 15 is 0 Å². The number of hydrogen-bond acceptors (Lipinski definition) is 6. The van der Waals surface area contributed by atoms with Gasteiger partial charge in [-0.3, -0.25) is 9.69 Å². The number of nitrogens with one attached hydrogen (secondary N) is 1. The largest absolute Gasteiger partial charge is 0.377 e. The third-order valence-electron chi connectivity index (χ3n) is 7.48. The summed E-state index contributed by atoms with van der Waals surface area (Å²) < 4.78 is 8.09. The third-order valence-corrected chi connectivity index (χ3v) is 7.48. The fraction of sp³-hybridized carbons (Fsp3) is 0.615. The van der Waals surface area contributed by atoms with Crippen LogP contribution in [0.5, 0.6) is 0 Å². The molecule has 1 saturated carbocycles. The van der Waals surface area contributed by atoms with Gasteiger partial charge in [0.1, 0.15) is 0 Å². The molecule has 2 aromatic heterocycles. The standard InChI is InChI=1S/C26H36N6O2/c1-17(2)24(25-28-29-30-32(25)21-10-4-5-11-21)31(16-22-12-7-13-34-22)15-20-14-19-9-6-8-18(3)23(19)27-26(20)33/h6,8-9,14,17,21-22,24H,4-5,7,10-13,15-16H2,1-3H3,(H,27,33)/t22-,24-/m1/s1. The van der Waals surface area contributed by atoms with E-state index in [1.54, 1.807) is 0 Å². The average Bonchev–Trinajstić information content (AvgIpc) is 3.58. The summed E-state index contributed by atoms with van der Waals surface area (Å²) in [5, 5.41) is 14.1. The zero-order valence-electron chi connectivity index (χ0n) is 20.5. The number of pyridine rings is 1. The van der Waals surface area contributed by atoms with Crippen molar-refractivity contribution in [2.24, 2.45) is 5.92 Å². The highest BCUT2D eigenvalue weighted by atomic mass is 16.5. The molecule has 1 aliphatic heterocycles. The first kappa shape index (κ1) is 23.2. The summed E-state index contributed by atoms with van der Waals surface area (Å²) in [4.78, 5) is 18.7. The van der Waals surface area contributed by atoms with Crippen LogP contribution < -0.4 is 5.56 Å². The van der Waals surface area contributed by atoms with E-state index in [4.69, 9.17) is 4.74 Å². The molecule has 3 aromatic rings. The van der Waals surface area contributed by atoms with Gasteiger partial charge < -0.3 is 9.72 Å². The van der Waals surface area contributed by atoms with Crippen molar-refractivity contribution in [1.82, 2.24) is 30.1 Å². The first-order chi connectivity index (χ1) is 16.5. The van der Waals surface area contributed by atoms with Crippen molar-refractivity contribution in [2.45, 2.75) is 84.0 Å². The lowest BCUT2D eigenvalue weighted by Crippen LogP contribution is -2.40. The Balaban J connectivity index is 1.52. The van der Waals surface area contributed by atoms with Gasteiger partial charge in [-0.15, -0.1) is 5.10 Å².